The zero-order valence-electron chi connectivity index (χ0n) is 22.6. The minimum Gasteiger partial charge on any atom is -0.497 e. The number of ketones is 1. The topological polar surface area (TPSA) is 58.6 Å². The number of methoxy groups -OCH3 is 1. The molecule has 1 amide bonds. The van der Waals surface area contributed by atoms with E-state index in [-0.39, 0.29) is 17.6 Å². The molecule has 0 spiro atoms. The van der Waals surface area contributed by atoms with Crippen molar-refractivity contribution in [3.8, 4) is 5.75 Å². The van der Waals surface area contributed by atoms with Crippen LogP contribution in [0, 0.1) is 0 Å². The van der Waals surface area contributed by atoms with Crippen molar-refractivity contribution in [1.29, 1.82) is 0 Å². The summed E-state index contributed by atoms with van der Waals surface area (Å²) in [5.41, 5.74) is 5.51. The van der Waals surface area contributed by atoms with Crippen LogP contribution in [0.5, 0.6) is 5.75 Å². The summed E-state index contributed by atoms with van der Waals surface area (Å²) in [7, 11) is 1.61. The van der Waals surface area contributed by atoms with E-state index < -0.39 is 6.04 Å². The number of nitrogens with zero attached hydrogens (tertiary/aromatic N) is 1. The molecule has 204 valence electrons. The van der Waals surface area contributed by atoms with Crippen LogP contribution in [0.2, 0.25) is 5.02 Å². The van der Waals surface area contributed by atoms with Crippen molar-refractivity contribution in [2.75, 3.05) is 17.3 Å². The van der Waals surface area contributed by atoms with Crippen molar-refractivity contribution in [2.45, 2.75) is 24.8 Å². The summed E-state index contributed by atoms with van der Waals surface area (Å²) in [5, 5.41) is 4.08. The standard InChI is InChI=1S/C35H29ClN2O3/c1-41-28-14-8-13-25(19-28)35-34-30(20-26(21-32(34)39)24-11-6-3-7-12-24)37-29-22-27(36)16-17-31(29)38(35)33(40)18-15-23-9-4-2-5-10-23/h2-19,22,26,35,37H,20-21H2,1H3/b18-15+. The highest BCUT2D eigenvalue weighted by Gasteiger charge is 2.41. The Bertz CT molecular complexity index is 1660. The predicted octanol–water partition coefficient (Wildman–Crippen LogP) is 7.96. The molecule has 6 heteroatoms. The van der Waals surface area contributed by atoms with Crippen molar-refractivity contribution in [2.24, 2.45) is 0 Å². The number of anilines is 2. The maximum absolute atomic E-state index is 14.2. The van der Waals surface area contributed by atoms with Crippen molar-refractivity contribution >= 4 is 40.7 Å². The number of fused-ring (bicyclic) bond motifs is 1. The van der Waals surface area contributed by atoms with E-state index in [1.54, 1.807) is 30.2 Å². The first-order chi connectivity index (χ1) is 20.0. The number of rotatable bonds is 5. The minimum atomic E-state index is -0.674. The molecule has 0 aromatic heterocycles. The van der Waals surface area contributed by atoms with Gasteiger partial charge in [-0.3, -0.25) is 14.5 Å². The number of amides is 1. The fourth-order valence-corrected chi connectivity index (χ4v) is 5.93. The highest BCUT2D eigenvalue weighted by Crippen LogP contribution is 2.48. The summed E-state index contributed by atoms with van der Waals surface area (Å²) in [5.74, 6) is 0.419. The van der Waals surface area contributed by atoms with Crippen LogP contribution in [0.1, 0.15) is 41.5 Å². The van der Waals surface area contributed by atoms with E-state index in [2.05, 4.69) is 17.4 Å². The third-order valence-electron chi connectivity index (χ3n) is 7.68. The Morgan fingerprint density at radius 2 is 1.63 bits per heavy atom. The molecule has 1 N–H and O–H groups in total. The lowest BCUT2D eigenvalue weighted by Gasteiger charge is -2.34. The first-order valence-corrected chi connectivity index (χ1v) is 14.0. The normalized spacial score (nSPS) is 18.4. The number of benzene rings is 4. The number of Topliss-reactive ketones (excluding diaryl/α,β-unsaturated/α-hetero) is 1. The Hall–Kier alpha value is -4.61. The lowest BCUT2D eigenvalue weighted by molar-refractivity contribution is -0.116. The molecule has 4 aromatic rings. The quantitative estimate of drug-likeness (QED) is 0.251. The SMILES string of the molecule is COc1cccc(C2C3=C(CC(c4ccccc4)CC3=O)Nc3cc(Cl)ccc3N2C(=O)/C=C/c2ccccc2)c1. The number of ether oxygens (including phenoxy) is 1. The molecule has 0 radical (unpaired) electrons. The van der Waals surface area contributed by atoms with Crippen LogP contribution in [0.3, 0.4) is 0 Å². The molecule has 2 unspecified atom stereocenters. The molecule has 1 aliphatic heterocycles. The van der Waals surface area contributed by atoms with Crippen molar-refractivity contribution in [3.05, 3.63) is 142 Å². The maximum Gasteiger partial charge on any atom is 0.251 e. The Morgan fingerprint density at radius 1 is 0.902 bits per heavy atom. The molecule has 6 rings (SSSR count). The smallest absolute Gasteiger partial charge is 0.251 e. The summed E-state index contributed by atoms with van der Waals surface area (Å²) in [6.07, 6.45) is 4.33. The largest absolute Gasteiger partial charge is 0.497 e. The van der Waals surface area contributed by atoms with E-state index >= 15 is 0 Å². The van der Waals surface area contributed by atoms with Gasteiger partial charge in [0, 0.05) is 28.8 Å². The summed E-state index contributed by atoms with van der Waals surface area (Å²) < 4.78 is 5.55. The number of carbonyl (C=O) groups excluding carboxylic acids is 2. The Kier molecular flexibility index (Phi) is 7.45. The summed E-state index contributed by atoms with van der Waals surface area (Å²) in [6, 6.07) is 32.1. The van der Waals surface area contributed by atoms with Gasteiger partial charge in [-0.15, -0.1) is 0 Å². The maximum atomic E-state index is 14.2. The molecule has 1 heterocycles. The number of nitrogens with one attached hydrogen (secondary N) is 1. The number of allylic oxidation sites excluding steroid dienone is 1. The monoisotopic (exact) mass is 560 g/mol. The van der Waals surface area contributed by atoms with Crippen molar-refractivity contribution < 1.29 is 14.3 Å². The highest BCUT2D eigenvalue weighted by molar-refractivity contribution is 6.31. The fraction of sp³-hybridized carbons (Fsp3) is 0.143. The number of halogens is 1. The number of hydrogen-bond acceptors (Lipinski definition) is 4. The van der Waals surface area contributed by atoms with Gasteiger partial charge in [0.1, 0.15) is 5.75 Å². The fourth-order valence-electron chi connectivity index (χ4n) is 5.76. The third-order valence-corrected chi connectivity index (χ3v) is 7.91. The van der Waals surface area contributed by atoms with E-state index in [1.165, 1.54) is 0 Å². The van der Waals surface area contributed by atoms with Gasteiger partial charge in [-0.25, -0.2) is 0 Å². The molecule has 0 saturated heterocycles. The van der Waals surface area contributed by atoms with Crippen molar-refractivity contribution in [1.82, 2.24) is 0 Å². The van der Waals surface area contributed by atoms with Gasteiger partial charge in [0.05, 0.1) is 24.5 Å². The van der Waals surface area contributed by atoms with Gasteiger partial charge in [0.15, 0.2) is 5.78 Å². The molecular weight excluding hydrogens is 532 g/mol. The van der Waals surface area contributed by atoms with Crippen LogP contribution in [0.4, 0.5) is 11.4 Å². The molecular formula is C35H29ClN2O3. The van der Waals surface area contributed by atoms with E-state index in [0.29, 0.717) is 40.6 Å². The molecule has 2 aliphatic rings. The number of hydrogen-bond donors (Lipinski definition) is 1. The van der Waals surface area contributed by atoms with Gasteiger partial charge in [0.2, 0.25) is 0 Å². The highest BCUT2D eigenvalue weighted by atomic mass is 35.5. The van der Waals surface area contributed by atoms with Gasteiger partial charge in [0.25, 0.3) is 5.91 Å². The van der Waals surface area contributed by atoms with E-state index in [9.17, 15) is 9.59 Å². The lowest BCUT2D eigenvalue weighted by Crippen LogP contribution is -2.37. The predicted molar refractivity (Wildman–Crippen MR) is 164 cm³/mol. The molecule has 0 fully saturated rings. The van der Waals surface area contributed by atoms with Crippen LogP contribution < -0.4 is 15.0 Å². The van der Waals surface area contributed by atoms with E-state index in [0.717, 1.165) is 22.4 Å². The van der Waals surface area contributed by atoms with E-state index in [4.69, 9.17) is 16.3 Å². The van der Waals surface area contributed by atoms with E-state index in [1.807, 2.05) is 84.9 Å². The molecule has 1 aliphatic carbocycles. The summed E-state index contributed by atoms with van der Waals surface area (Å²) in [4.78, 5) is 30.1. The van der Waals surface area contributed by atoms with Gasteiger partial charge in [-0.05, 0) is 65.4 Å². The average Bonchev–Trinajstić information content (AvgIpc) is 3.15. The summed E-state index contributed by atoms with van der Waals surface area (Å²) in [6.45, 7) is 0. The molecule has 4 aromatic carbocycles. The lowest BCUT2D eigenvalue weighted by atomic mass is 9.78. The second-order valence-corrected chi connectivity index (χ2v) is 10.7. The van der Waals surface area contributed by atoms with Crippen LogP contribution in [-0.2, 0) is 9.59 Å². The minimum absolute atomic E-state index is 0.00386. The molecule has 0 saturated carbocycles. The van der Waals surface area contributed by atoms with Crippen LogP contribution in [0.25, 0.3) is 6.08 Å². The van der Waals surface area contributed by atoms with Gasteiger partial charge in [-0.1, -0.05) is 84.4 Å². The summed E-state index contributed by atoms with van der Waals surface area (Å²) >= 11 is 6.46. The van der Waals surface area contributed by atoms with Gasteiger partial charge < -0.3 is 10.1 Å². The Labute approximate surface area is 244 Å². The molecule has 2 atom stereocenters. The third kappa shape index (κ3) is 5.41. The van der Waals surface area contributed by atoms with Crippen LogP contribution in [-0.4, -0.2) is 18.8 Å². The Balaban J connectivity index is 1.54. The van der Waals surface area contributed by atoms with Crippen molar-refractivity contribution in [3.63, 3.8) is 0 Å². The van der Waals surface area contributed by atoms with Crippen LogP contribution >= 0.6 is 11.6 Å². The second kappa shape index (κ2) is 11.5. The molecule has 0 bridgehead atoms. The first kappa shape index (κ1) is 26.6. The zero-order valence-corrected chi connectivity index (χ0v) is 23.3. The molecule has 41 heavy (non-hydrogen) atoms. The van der Waals surface area contributed by atoms with Crippen LogP contribution in [0.15, 0.2) is 120 Å². The van der Waals surface area contributed by atoms with Gasteiger partial charge in [-0.2, -0.15) is 0 Å². The second-order valence-electron chi connectivity index (χ2n) is 10.2. The zero-order chi connectivity index (χ0) is 28.3. The number of carbonyl (C=O) groups is 2. The average molecular weight is 561 g/mol. The Morgan fingerprint density at radius 3 is 2.39 bits per heavy atom. The van der Waals surface area contributed by atoms with Gasteiger partial charge >= 0.3 is 0 Å². The first-order valence-electron chi connectivity index (χ1n) is 13.6. The molecule has 5 nitrogen and oxygen atoms in total.